The third kappa shape index (κ3) is 4.49. The molecule has 0 aliphatic carbocycles. The average molecular weight is 391 g/mol. The van der Waals surface area contributed by atoms with E-state index >= 15 is 0 Å². The molecule has 4 nitrogen and oxygen atoms in total. The summed E-state index contributed by atoms with van der Waals surface area (Å²) in [6.07, 6.45) is 0. The van der Waals surface area contributed by atoms with Gasteiger partial charge in [-0.2, -0.15) is 0 Å². The Hall–Kier alpha value is -2.92. The van der Waals surface area contributed by atoms with Crippen molar-refractivity contribution < 1.29 is 14.3 Å². The molecule has 1 fully saturated rings. The van der Waals surface area contributed by atoms with Gasteiger partial charge in [0.25, 0.3) is 5.91 Å². The number of carbonyl (C=O) groups excluding carboxylic acids is 1. The summed E-state index contributed by atoms with van der Waals surface area (Å²) in [5.41, 5.74) is 1.06. The van der Waals surface area contributed by atoms with E-state index in [2.05, 4.69) is 0 Å². The maximum Gasteiger partial charge on any atom is 0.261 e. The highest BCUT2D eigenvalue weighted by Crippen LogP contribution is 2.39. The smallest absolute Gasteiger partial charge is 0.261 e. The van der Waals surface area contributed by atoms with E-state index in [1.54, 1.807) is 11.8 Å². The van der Waals surface area contributed by atoms with Gasteiger partial charge in [-0.1, -0.05) is 48.5 Å². The van der Waals surface area contributed by atoms with Crippen molar-refractivity contribution in [2.24, 2.45) is 0 Å². The van der Waals surface area contributed by atoms with E-state index in [4.69, 9.17) is 9.47 Å². The van der Waals surface area contributed by atoms with E-state index in [9.17, 15) is 4.79 Å². The van der Waals surface area contributed by atoms with Crippen LogP contribution in [0.15, 0.2) is 84.9 Å². The van der Waals surface area contributed by atoms with E-state index in [1.165, 1.54) is 0 Å². The zero-order chi connectivity index (χ0) is 19.2. The molecular formula is C23H21NO3S. The van der Waals surface area contributed by atoms with Gasteiger partial charge in [0.2, 0.25) is 0 Å². The van der Waals surface area contributed by atoms with E-state index in [1.807, 2.05) is 89.8 Å². The number of para-hydroxylation sites is 2. The van der Waals surface area contributed by atoms with Crippen LogP contribution in [0.5, 0.6) is 17.2 Å². The van der Waals surface area contributed by atoms with Gasteiger partial charge in [0.1, 0.15) is 22.6 Å². The van der Waals surface area contributed by atoms with Crippen LogP contribution in [-0.4, -0.2) is 29.7 Å². The van der Waals surface area contributed by atoms with E-state index in [0.717, 1.165) is 29.4 Å². The van der Waals surface area contributed by atoms with Gasteiger partial charge in [-0.15, -0.1) is 11.8 Å². The third-order valence-electron chi connectivity index (χ3n) is 4.44. The molecule has 4 rings (SSSR count). The molecule has 1 amide bonds. The predicted octanol–water partition coefficient (Wildman–Crippen LogP) is 5.13. The van der Waals surface area contributed by atoms with Crippen molar-refractivity contribution in [3.63, 3.8) is 0 Å². The Labute approximate surface area is 169 Å². The normalized spacial score (nSPS) is 16.0. The summed E-state index contributed by atoms with van der Waals surface area (Å²) in [5.74, 6) is 3.17. The Bertz CT molecular complexity index is 917. The zero-order valence-electron chi connectivity index (χ0n) is 15.4. The quantitative estimate of drug-likeness (QED) is 0.584. The molecule has 3 aromatic rings. The first-order valence-corrected chi connectivity index (χ1v) is 10.3. The second-order valence-electron chi connectivity index (χ2n) is 6.40. The van der Waals surface area contributed by atoms with E-state index in [-0.39, 0.29) is 17.9 Å². The first-order chi connectivity index (χ1) is 13.8. The molecule has 0 unspecified atom stereocenters. The molecule has 1 heterocycles. The van der Waals surface area contributed by atoms with Crippen LogP contribution >= 0.6 is 11.8 Å². The Morgan fingerprint density at radius 1 is 0.893 bits per heavy atom. The lowest BCUT2D eigenvalue weighted by molar-refractivity contribution is -0.133. The summed E-state index contributed by atoms with van der Waals surface area (Å²) >= 11 is 1.76. The number of benzene rings is 3. The first-order valence-electron chi connectivity index (χ1n) is 9.21. The molecule has 28 heavy (non-hydrogen) atoms. The minimum Gasteiger partial charge on any atom is -0.484 e. The SMILES string of the molecule is O=C(COc1ccccc1)N1CCS[C@H]1c1cccc(Oc2ccccc2)c1. The average Bonchev–Trinajstić information content (AvgIpc) is 3.24. The zero-order valence-corrected chi connectivity index (χ0v) is 16.2. The van der Waals surface area contributed by atoms with Crippen LogP contribution in [0.4, 0.5) is 0 Å². The van der Waals surface area contributed by atoms with Gasteiger partial charge in [0, 0.05) is 12.3 Å². The summed E-state index contributed by atoms with van der Waals surface area (Å²) in [5, 5.41) is -0.0220. The predicted molar refractivity (Wildman–Crippen MR) is 112 cm³/mol. The highest BCUT2D eigenvalue weighted by atomic mass is 32.2. The standard InChI is InChI=1S/C23H21NO3S/c25-22(17-26-19-9-3-1-4-10-19)24-14-15-28-23(24)18-8-7-13-21(16-18)27-20-11-5-2-6-12-20/h1-13,16,23H,14-15,17H2/t23-/m0/s1. The highest BCUT2D eigenvalue weighted by Gasteiger charge is 2.31. The van der Waals surface area contributed by atoms with Gasteiger partial charge in [0.15, 0.2) is 6.61 Å². The van der Waals surface area contributed by atoms with Crippen molar-refractivity contribution in [1.29, 1.82) is 0 Å². The Balaban J connectivity index is 1.44. The van der Waals surface area contributed by atoms with Crippen LogP contribution in [-0.2, 0) is 4.79 Å². The van der Waals surface area contributed by atoms with E-state index < -0.39 is 0 Å². The lowest BCUT2D eigenvalue weighted by Gasteiger charge is -2.24. The summed E-state index contributed by atoms with van der Waals surface area (Å²) in [7, 11) is 0. The van der Waals surface area contributed by atoms with Crippen molar-refractivity contribution in [1.82, 2.24) is 4.90 Å². The van der Waals surface area contributed by atoms with Crippen molar-refractivity contribution in [2.45, 2.75) is 5.37 Å². The van der Waals surface area contributed by atoms with Gasteiger partial charge in [-0.25, -0.2) is 0 Å². The van der Waals surface area contributed by atoms with Crippen LogP contribution in [0.2, 0.25) is 0 Å². The molecule has 142 valence electrons. The van der Waals surface area contributed by atoms with Crippen LogP contribution in [0, 0.1) is 0 Å². The molecule has 0 aromatic heterocycles. The fourth-order valence-electron chi connectivity index (χ4n) is 3.10. The Morgan fingerprint density at radius 3 is 2.32 bits per heavy atom. The van der Waals surface area contributed by atoms with Crippen LogP contribution < -0.4 is 9.47 Å². The van der Waals surface area contributed by atoms with Crippen LogP contribution in [0.25, 0.3) is 0 Å². The molecule has 1 atom stereocenters. The maximum atomic E-state index is 12.7. The maximum absolute atomic E-state index is 12.7. The Morgan fingerprint density at radius 2 is 1.57 bits per heavy atom. The molecule has 0 radical (unpaired) electrons. The van der Waals surface area contributed by atoms with Crippen molar-refractivity contribution in [3.05, 3.63) is 90.5 Å². The summed E-state index contributed by atoms with van der Waals surface area (Å²) in [6, 6.07) is 27.1. The molecule has 0 spiro atoms. The molecular weight excluding hydrogens is 370 g/mol. The van der Waals surface area contributed by atoms with Gasteiger partial charge < -0.3 is 14.4 Å². The molecule has 0 saturated carbocycles. The van der Waals surface area contributed by atoms with Crippen LogP contribution in [0.1, 0.15) is 10.9 Å². The summed E-state index contributed by atoms with van der Waals surface area (Å²) < 4.78 is 11.6. The lowest BCUT2D eigenvalue weighted by Crippen LogP contribution is -2.34. The number of hydrogen-bond donors (Lipinski definition) is 0. The largest absolute Gasteiger partial charge is 0.484 e. The van der Waals surface area contributed by atoms with Crippen molar-refractivity contribution >= 4 is 17.7 Å². The molecule has 1 aliphatic heterocycles. The summed E-state index contributed by atoms with van der Waals surface area (Å²) in [6.45, 7) is 0.761. The Kier molecular flexibility index (Phi) is 5.83. The number of nitrogens with zero attached hydrogens (tertiary/aromatic N) is 1. The molecule has 1 aliphatic rings. The van der Waals surface area contributed by atoms with Gasteiger partial charge in [0.05, 0.1) is 0 Å². The number of carbonyl (C=O) groups is 1. The minimum absolute atomic E-state index is 0.00626. The lowest BCUT2D eigenvalue weighted by atomic mass is 10.2. The number of amides is 1. The van der Waals surface area contributed by atoms with Crippen molar-refractivity contribution in [2.75, 3.05) is 18.9 Å². The van der Waals surface area contributed by atoms with Gasteiger partial charge in [-0.3, -0.25) is 4.79 Å². The third-order valence-corrected chi connectivity index (χ3v) is 5.70. The number of thioether (sulfide) groups is 1. The van der Waals surface area contributed by atoms with Crippen molar-refractivity contribution in [3.8, 4) is 17.2 Å². The fourth-order valence-corrected chi connectivity index (χ4v) is 4.37. The number of rotatable bonds is 6. The molecule has 5 heteroatoms. The fraction of sp³-hybridized carbons (Fsp3) is 0.174. The number of hydrogen-bond acceptors (Lipinski definition) is 4. The second kappa shape index (κ2) is 8.85. The topological polar surface area (TPSA) is 38.8 Å². The molecule has 1 saturated heterocycles. The summed E-state index contributed by atoms with van der Waals surface area (Å²) in [4.78, 5) is 14.6. The van der Waals surface area contributed by atoms with Crippen LogP contribution in [0.3, 0.4) is 0 Å². The van der Waals surface area contributed by atoms with Gasteiger partial charge in [-0.05, 0) is 42.0 Å². The first kappa shape index (κ1) is 18.4. The number of ether oxygens (including phenoxy) is 2. The molecule has 0 N–H and O–H groups in total. The highest BCUT2D eigenvalue weighted by molar-refractivity contribution is 7.99. The van der Waals surface area contributed by atoms with Gasteiger partial charge >= 0.3 is 0 Å². The second-order valence-corrected chi connectivity index (χ2v) is 7.59. The van der Waals surface area contributed by atoms with E-state index in [0.29, 0.717) is 5.75 Å². The monoisotopic (exact) mass is 391 g/mol. The molecule has 0 bridgehead atoms. The minimum atomic E-state index is -0.0220. The molecule has 3 aromatic carbocycles.